The zero-order valence-corrected chi connectivity index (χ0v) is 18.0. The van der Waals surface area contributed by atoms with E-state index in [2.05, 4.69) is 13.8 Å². The van der Waals surface area contributed by atoms with Crippen LogP contribution in [0.15, 0.2) is 29.2 Å². The Hall–Kier alpha value is -1.70. The molecule has 2 aliphatic rings. The van der Waals surface area contributed by atoms with Crippen molar-refractivity contribution in [2.45, 2.75) is 50.8 Å². The first-order valence-electron chi connectivity index (χ1n) is 9.96. The van der Waals surface area contributed by atoms with Gasteiger partial charge in [-0.1, -0.05) is 13.3 Å². The van der Waals surface area contributed by atoms with Crippen LogP contribution in [0.2, 0.25) is 0 Å². The van der Waals surface area contributed by atoms with Crippen LogP contribution in [0.3, 0.4) is 0 Å². The summed E-state index contributed by atoms with van der Waals surface area (Å²) in [6, 6.07) is 7.23. The Morgan fingerprint density at radius 3 is 2.54 bits per heavy atom. The molecule has 4 rings (SSSR count). The quantitative estimate of drug-likeness (QED) is 0.754. The molecular formula is C21H26N2O3S2. The van der Waals surface area contributed by atoms with Crippen molar-refractivity contribution in [3.8, 4) is 0 Å². The molecule has 5 nitrogen and oxygen atoms in total. The van der Waals surface area contributed by atoms with Gasteiger partial charge in [0.25, 0.3) is 5.91 Å². The average Bonchev–Trinajstić information content (AvgIpc) is 3.30. The SMILES string of the molecule is CCc1cc(C(=O)N2CCc3cc(S(=O)(=O)N4CCCCC4)ccc32)sc1C. The number of carbonyl (C=O) groups excluding carboxylic acids is 1. The predicted octanol–water partition coefficient (Wildman–Crippen LogP) is 4.00. The lowest BCUT2D eigenvalue weighted by molar-refractivity contribution is 0.0993. The fraction of sp³-hybridized carbons (Fsp3) is 0.476. The van der Waals surface area contributed by atoms with Gasteiger partial charge in [0.15, 0.2) is 0 Å². The first kappa shape index (κ1) is 19.6. The highest BCUT2D eigenvalue weighted by atomic mass is 32.2. The normalized spacial score (nSPS) is 17.7. The molecule has 7 heteroatoms. The Labute approximate surface area is 171 Å². The van der Waals surface area contributed by atoms with E-state index in [1.54, 1.807) is 38.7 Å². The molecule has 1 saturated heterocycles. The number of carbonyl (C=O) groups is 1. The summed E-state index contributed by atoms with van der Waals surface area (Å²) in [7, 11) is -3.45. The minimum absolute atomic E-state index is 0.0122. The van der Waals surface area contributed by atoms with Gasteiger partial charge in [-0.15, -0.1) is 11.3 Å². The summed E-state index contributed by atoms with van der Waals surface area (Å²) in [5.74, 6) is 0.0122. The molecule has 150 valence electrons. The molecule has 0 saturated carbocycles. The van der Waals surface area contributed by atoms with E-state index in [0.29, 0.717) is 31.0 Å². The van der Waals surface area contributed by atoms with Crippen LogP contribution in [0.25, 0.3) is 0 Å². The van der Waals surface area contributed by atoms with Gasteiger partial charge in [0, 0.05) is 30.2 Å². The molecule has 0 atom stereocenters. The number of rotatable bonds is 4. The van der Waals surface area contributed by atoms with E-state index >= 15 is 0 Å². The molecule has 3 heterocycles. The van der Waals surface area contributed by atoms with E-state index in [9.17, 15) is 13.2 Å². The molecule has 0 aliphatic carbocycles. The summed E-state index contributed by atoms with van der Waals surface area (Å²) in [4.78, 5) is 17.1. The Bertz CT molecular complexity index is 1000. The van der Waals surface area contributed by atoms with Crippen molar-refractivity contribution in [3.63, 3.8) is 0 Å². The van der Waals surface area contributed by atoms with Crippen LogP contribution < -0.4 is 4.90 Å². The summed E-state index contributed by atoms with van der Waals surface area (Å²) in [5, 5.41) is 0. The van der Waals surface area contributed by atoms with Crippen molar-refractivity contribution in [3.05, 3.63) is 45.1 Å². The Morgan fingerprint density at radius 1 is 1.11 bits per heavy atom. The number of hydrogen-bond acceptors (Lipinski definition) is 4. The highest BCUT2D eigenvalue weighted by Gasteiger charge is 2.31. The Balaban J connectivity index is 1.60. The lowest BCUT2D eigenvalue weighted by Gasteiger charge is -2.26. The molecule has 0 bridgehead atoms. The maximum absolute atomic E-state index is 13.0. The van der Waals surface area contributed by atoms with E-state index in [1.165, 1.54) is 10.4 Å². The fourth-order valence-corrected chi connectivity index (χ4v) is 6.74. The van der Waals surface area contributed by atoms with E-state index in [1.807, 2.05) is 6.07 Å². The van der Waals surface area contributed by atoms with Crippen LogP contribution in [0, 0.1) is 6.92 Å². The van der Waals surface area contributed by atoms with Gasteiger partial charge in [0.1, 0.15) is 0 Å². The molecule has 0 N–H and O–H groups in total. The number of thiophene rings is 1. The van der Waals surface area contributed by atoms with Gasteiger partial charge in [0.2, 0.25) is 10.0 Å². The molecule has 2 aromatic rings. The third-order valence-electron chi connectivity index (χ3n) is 5.76. The smallest absolute Gasteiger partial charge is 0.268 e. The molecule has 1 fully saturated rings. The largest absolute Gasteiger partial charge is 0.307 e. The number of hydrogen-bond donors (Lipinski definition) is 0. The van der Waals surface area contributed by atoms with Crippen molar-refractivity contribution < 1.29 is 13.2 Å². The molecule has 1 aromatic carbocycles. The van der Waals surface area contributed by atoms with E-state index in [4.69, 9.17) is 0 Å². The topological polar surface area (TPSA) is 57.7 Å². The number of fused-ring (bicyclic) bond motifs is 1. The third kappa shape index (κ3) is 3.40. The molecular weight excluding hydrogens is 392 g/mol. The minimum Gasteiger partial charge on any atom is -0.307 e. The molecule has 0 radical (unpaired) electrons. The highest BCUT2D eigenvalue weighted by Crippen LogP contribution is 2.34. The number of anilines is 1. The molecule has 0 unspecified atom stereocenters. The zero-order valence-electron chi connectivity index (χ0n) is 16.4. The van der Waals surface area contributed by atoms with Crippen LogP contribution in [0.4, 0.5) is 5.69 Å². The van der Waals surface area contributed by atoms with Crippen LogP contribution >= 0.6 is 11.3 Å². The van der Waals surface area contributed by atoms with Gasteiger partial charge < -0.3 is 4.90 Å². The lowest BCUT2D eigenvalue weighted by atomic mass is 10.2. The number of nitrogens with zero attached hydrogens (tertiary/aromatic N) is 2. The van der Waals surface area contributed by atoms with Crippen LogP contribution in [0.1, 0.15) is 51.9 Å². The van der Waals surface area contributed by atoms with Crippen LogP contribution in [-0.2, 0) is 22.9 Å². The fourth-order valence-electron chi connectivity index (χ4n) is 4.11. The summed E-state index contributed by atoms with van der Waals surface area (Å²) in [6.45, 7) is 5.94. The second-order valence-electron chi connectivity index (χ2n) is 7.51. The molecule has 1 aromatic heterocycles. The second kappa shape index (κ2) is 7.61. The van der Waals surface area contributed by atoms with Crippen molar-refractivity contribution in [1.29, 1.82) is 0 Å². The summed E-state index contributed by atoms with van der Waals surface area (Å²) in [6.07, 6.45) is 4.55. The van der Waals surface area contributed by atoms with Gasteiger partial charge in [0.05, 0.1) is 9.77 Å². The Kier molecular flexibility index (Phi) is 5.33. The van der Waals surface area contributed by atoms with Gasteiger partial charge in [-0.25, -0.2) is 8.42 Å². The van der Waals surface area contributed by atoms with Gasteiger partial charge >= 0.3 is 0 Å². The number of piperidine rings is 1. The van der Waals surface area contributed by atoms with Crippen molar-refractivity contribution in [1.82, 2.24) is 4.31 Å². The second-order valence-corrected chi connectivity index (χ2v) is 10.7. The van der Waals surface area contributed by atoms with Crippen molar-refractivity contribution in [2.75, 3.05) is 24.5 Å². The van der Waals surface area contributed by atoms with Crippen molar-refractivity contribution in [2.24, 2.45) is 0 Å². The average molecular weight is 419 g/mol. The number of aryl methyl sites for hydroxylation is 2. The van der Waals surface area contributed by atoms with Crippen LogP contribution in [-0.4, -0.2) is 38.3 Å². The van der Waals surface area contributed by atoms with E-state index < -0.39 is 10.0 Å². The molecule has 28 heavy (non-hydrogen) atoms. The zero-order chi connectivity index (χ0) is 19.9. The van der Waals surface area contributed by atoms with Gasteiger partial charge in [-0.2, -0.15) is 4.31 Å². The number of sulfonamides is 1. The molecule has 0 spiro atoms. The van der Waals surface area contributed by atoms with Crippen LogP contribution in [0.5, 0.6) is 0 Å². The number of benzene rings is 1. The monoisotopic (exact) mass is 418 g/mol. The summed E-state index contributed by atoms with van der Waals surface area (Å²) in [5.41, 5.74) is 3.00. The predicted molar refractivity (Wildman–Crippen MR) is 113 cm³/mol. The first-order valence-corrected chi connectivity index (χ1v) is 12.2. The molecule has 1 amide bonds. The third-order valence-corrected chi connectivity index (χ3v) is 8.73. The number of amides is 1. The van der Waals surface area contributed by atoms with Gasteiger partial charge in [-0.3, -0.25) is 4.79 Å². The standard InChI is InChI=1S/C21H26N2O3S2/c1-3-16-14-20(27-15(16)2)21(24)23-12-9-17-13-18(7-8-19(17)23)28(25,26)22-10-5-4-6-11-22/h7-8,13-14H,3-6,9-12H2,1-2H3. The summed E-state index contributed by atoms with van der Waals surface area (Å²) < 4.78 is 27.5. The van der Waals surface area contributed by atoms with E-state index in [0.717, 1.165) is 41.8 Å². The summed E-state index contributed by atoms with van der Waals surface area (Å²) >= 11 is 1.54. The molecule has 2 aliphatic heterocycles. The van der Waals surface area contributed by atoms with E-state index in [-0.39, 0.29) is 5.91 Å². The first-order chi connectivity index (χ1) is 13.4. The van der Waals surface area contributed by atoms with Gasteiger partial charge in [-0.05, 0) is 68.0 Å². The lowest BCUT2D eigenvalue weighted by Crippen LogP contribution is -2.35. The van der Waals surface area contributed by atoms with Crippen molar-refractivity contribution >= 4 is 33.0 Å². The maximum Gasteiger partial charge on any atom is 0.268 e. The Morgan fingerprint density at radius 2 is 1.86 bits per heavy atom. The maximum atomic E-state index is 13.0. The minimum atomic E-state index is -3.45. The highest BCUT2D eigenvalue weighted by molar-refractivity contribution is 7.89.